The van der Waals surface area contributed by atoms with Gasteiger partial charge < -0.3 is 14.2 Å². The highest BCUT2D eigenvalue weighted by Gasteiger charge is 2.18. The molecule has 0 spiro atoms. The average Bonchev–Trinajstić information content (AvgIpc) is 3.15. The number of thiazole rings is 1. The highest BCUT2D eigenvalue weighted by molar-refractivity contribution is 7.16. The van der Waals surface area contributed by atoms with Crippen LogP contribution in [0.1, 0.15) is 41.9 Å². The van der Waals surface area contributed by atoms with Crippen LogP contribution < -0.4 is 19.5 Å². The van der Waals surface area contributed by atoms with Gasteiger partial charge >= 0.3 is 0 Å². The summed E-state index contributed by atoms with van der Waals surface area (Å²) in [4.78, 5) is 18.5. The first kappa shape index (κ1) is 23.9. The summed E-state index contributed by atoms with van der Waals surface area (Å²) in [6.07, 6.45) is 1.91. The lowest BCUT2D eigenvalue weighted by Crippen LogP contribution is -2.12. The van der Waals surface area contributed by atoms with Gasteiger partial charge in [-0.3, -0.25) is 10.1 Å². The molecule has 6 nitrogen and oxygen atoms in total. The highest BCUT2D eigenvalue weighted by Crippen LogP contribution is 2.37. The predicted octanol–water partition coefficient (Wildman–Crippen LogP) is 6.61. The van der Waals surface area contributed by atoms with E-state index in [1.165, 1.54) is 11.3 Å². The van der Waals surface area contributed by atoms with Gasteiger partial charge in [-0.15, -0.1) is 11.3 Å². The highest BCUT2D eigenvalue weighted by atomic mass is 35.5. The fraction of sp³-hybridized carbons (Fsp3) is 0.333. The number of aromatic nitrogens is 1. The van der Waals surface area contributed by atoms with Crippen molar-refractivity contribution in [1.29, 1.82) is 0 Å². The summed E-state index contributed by atoms with van der Waals surface area (Å²) in [5.41, 5.74) is 2.15. The van der Waals surface area contributed by atoms with Crippen molar-refractivity contribution in [2.24, 2.45) is 0 Å². The van der Waals surface area contributed by atoms with Gasteiger partial charge in [-0.05, 0) is 56.7 Å². The van der Waals surface area contributed by atoms with E-state index in [4.69, 9.17) is 25.8 Å². The van der Waals surface area contributed by atoms with Crippen LogP contribution >= 0.6 is 22.9 Å². The molecule has 0 unspecified atom stereocenters. The number of nitrogens with one attached hydrogen (secondary N) is 1. The molecular formula is C24H27ClN2O4S. The third kappa shape index (κ3) is 5.72. The Balaban J connectivity index is 1.80. The number of amides is 1. The molecule has 3 rings (SSSR count). The SMILES string of the molecule is CCCCOc1c(Cl)cc(C(=O)Nc2nc(-c3ccc(OC)cc3)c(C)s2)cc1OCC. The first-order valence-electron chi connectivity index (χ1n) is 10.5. The van der Waals surface area contributed by atoms with E-state index in [2.05, 4.69) is 17.2 Å². The van der Waals surface area contributed by atoms with Gasteiger partial charge in [0.2, 0.25) is 0 Å². The maximum atomic E-state index is 12.9. The maximum Gasteiger partial charge on any atom is 0.257 e. The van der Waals surface area contributed by atoms with Crippen LogP contribution in [0, 0.1) is 6.92 Å². The molecule has 0 aliphatic carbocycles. The van der Waals surface area contributed by atoms with E-state index in [1.54, 1.807) is 19.2 Å². The van der Waals surface area contributed by atoms with Crippen LogP contribution in [0.25, 0.3) is 11.3 Å². The van der Waals surface area contributed by atoms with E-state index in [9.17, 15) is 4.79 Å². The van der Waals surface area contributed by atoms with Crippen molar-refractivity contribution in [1.82, 2.24) is 4.98 Å². The predicted molar refractivity (Wildman–Crippen MR) is 130 cm³/mol. The van der Waals surface area contributed by atoms with E-state index in [-0.39, 0.29) is 5.91 Å². The lowest BCUT2D eigenvalue weighted by molar-refractivity contribution is 0.102. The van der Waals surface area contributed by atoms with Crippen LogP contribution in [-0.4, -0.2) is 31.2 Å². The largest absolute Gasteiger partial charge is 0.497 e. The number of hydrogen-bond donors (Lipinski definition) is 1. The van der Waals surface area contributed by atoms with Gasteiger partial charge in [0, 0.05) is 16.0 Å². The van der Waals surface area contributed by atoms with Crippen molar-refractivity contribution in [3.63, 3.8) is 0 Å². The summed E-state index contributed by atoms with van der Waals surface area (Å²) < 4.78 is 16.7. The number of hydrogen-bond acceptors (Lipinski definition) is 6. The molecule has 0 atom stereocenters. The summed E-state index contributed by atoms with van der Waals surface area (Å²) in [6, 6.07) is 10.9. The molecule has 2 aromatic carbocycles. The Hall–Kier alpha value is -2.77. The standard InChI is InChI=1S/C24H27ClN2O4S/c1-5-7-12-31-22-19(25)13-17(14-20(22)30-6-2)23(28)27-24-26-21(15(3)32-24)16-8-10-18(29-4)11-9-16/h8-11,13-14H,5-7,12H2,1-4H3,(H,26,27,28). The Bertz CT molecular complexity index is 1070. The minimum atomic E-state index is -0.317. The van der Waals surface area contributed by atoms with Crippen molar-refractivity contribution < 1.29 is 19.0 Å². The van der Waals surface area contributed by atoms with Crippen molar-refractivity contribution >= 4 is 34.0 Å². The molecular weight excluding hydrogens is 448 g/mol. The number of aryl methyl sites for hydroxylation is 1. The Morgan fingerprint density at radius 3 is 2.56 bits per heavy atom. The van der Waals surface area contributed by atoms with E-state index in [0.717, 1.165) is 34.7 Å². The molecule has 3 aromatic rings. The lowest BCUT2D eigenvalue weighted by atomic mass is 10.1. The number of methoxy groups -OCH3 is 1. The minimum absolute atomic E-state index is 0.317. The number of unbranched alkanes of at least 4 members (excludes halogenated alkanes) is 1. The number of anilines is 1. The van der Waals surface area contributed by atoms with Gasteiger partial charge in [-0.1, -0.05) is 24.9 Å². The molecule has 0 bridgehead atoms. The van der Waals surface area contributed by atoms with Crippen LogP contribution in [0.15, 0.2) is 36.4 Å². The van der Waals surface area contributed by atoms with Crippen LogP contribution in [0.3, 0.4) is 0 Å². The Labute approximate surface area is 197 Å². The molecule has 8 heteroatoms. The number of carbonyl (C=O) groups is 1. The summed E-state index contributed by atoms with van der Waals surface area (Å²) in [5.74, 6) is 1.38. The second-order valence-corrected chi connectivity index (χ2v) is 8.64. The van der Waals surface area contributed by atoms with Gasteiger partial charge in [0.25, 0.3) is 5.91 Å². The van der Waals surface area contributed by atoms with Gasteiger partial charge in [-0.25, -0.2) is 4.98 Å². The van der Waals surface area contributed by atoms with Crippen molar-refractivity contribution in [2.75, 3.05) is 25.6 Å². The zero-order valence-electron chi connectivity index (χ0n) is 18.7. The first-order chi connectivity index (χ1) is 15.5. The van der Waals surface area contributed by atoms with Crippen molar-refractivity contribution in [2.45, 2.75) is 33.6 Å². The quantitative estimate of drug-likeness (QED) is 0.335. The molecule has 0 aliphatic rings. The second-order valence-electron chi connectivity index (χ2n) is 7.03. The number of ether oxygens (including phenoxy) is 3. The molecule has 1 N–H and O–H groups in total. The van der Waals surface area contributed by atoms with E-state index < -0.39 is 0 Å². The van der Waals surface area contributed by atoms with E-state index >= 15 is 0 Å². The maximum absolute atomic E-state index is 12.9. The number of halogens is 1. The number of nitrogens with zero attached hydrogens (tertiary/aromatic N) is 1. The summed E-state index contributed by atoms with van der Waals surface area (Å²) in [6.45, 7) is 6.90. The Morgan fingerprint density at radius 2 is 1.91 bits per heavy atom. The van der Waals surface area contributed by atoms with Crippen LogP contribution in [0.2, 0.25) is 5.02 Å². The molecule has 0 aliphatic heterocycles. The second kappa shape index (κ2) is 11.2. The van der Waals surface area contributed by atoms with Gasteiger partial charge in [0.1, 0.15) is 5.75 Å². The van der Waals surface area contributed by atoms with Gasteiger partial charge in [-0.2, -0.15) is 0 Å². The Morgan fingerprint density at radius 1 is 1.16 bits per heavy atom. The number of carbonyl (C=O) groups excluding carboxylic acids is 1. The molecule has 1 amide bonds. The van der Waals surface area contributed by atoms with E-state index in [1.807, 2.05) is 38.1 Å². The van der Waals surface area contributed by atoms with Gasteiger partial charge in [0.15, 0.2) is 16.6 Å². The fourth-order valence-electron chi connectivity index (χ4n) is 3.06. The van der Waals surface area contributed by atoms with Crippen molar-refractivity contribution in [3.8, 4) is 28.5 Å². The minimum Gasteiger partial charge on any atom is -0.497 e. The Kier molecular flexibility index (Phi) is 8.36. The van der Waals surface area contributed by atoms with E-state index in [0.29, 0.717) is 40.4 Å². The van der Waals surface area contributed by atoms with Gasteiger partial charge in [0.05, 0.1) is 31.0 Å². The fourth-order valence-corrected chi connectivity index (χ4v) is 4.15. The summed E-state index contributed by atoms with van der Waals surface area (Å²) >= 11 is 7.84. The first-order valence-corrected chi connectivity index (χ1v) is 11.7. The number of benzene rings is 2. The molecule has 0 saturated carbocycles. The molecule has 0 radical (unpaired) electrons. The third-order valence-electron chi connectivity index (χ3n) is 4.70. The zero-order valence-corrected chi connectivity index (χ0v) is 20.2. The average molecular weight is 475 g/mol. The van der Waals surface area contributed by atoms with Crippen LogP contribution in [0.5, 0.6) is 17.2 Å². The zero-order chi connectivity index (χ0) is 23.1. The van der Waals surface area contributed by atoms with Crippen molar-refractivity contribution in [3.05, 3.63) is 51.9 Å². The summed E-state index contributed by atoms with van der Waals surface area (Å²) in [7, 11) is 1.63. The molecule has 0 saturated heterocycles. The smallest absolute Gasteiger partial charge is 0.257 e. The lowest BCUT2D eigenvalue weighted by Gasteiger charge is -2.15. The number of rotatable bonds is 10. The monoisotopic (exact) mass is 474 g/mol. The molecule has 1 aromatic heterocycles. The summed E-state index contributed by atoms with van der Waals surface area (Å²) in [5, 5.41) is 3.72. The normalized spacial score (nSPS) is 10.7. The molecule has 0 fully saturated rings. The van der Waals surface area contributed by atoms with Crippen LogP contribution in [0.4, 0.5) is 5.13 Å². The van der Waals surface area contributed by atoms with Crippen LogP contribution in [-0.2, 0) is 0 Å². The third-order valence-corrected chi connectivity index (χ3v) is 5.86. The molecule has 32 heavy (non-hydrogen) atoms. The molecule has 1 heterocycles. The molecule has 170 valence electrons. The topological polar surface area (TPSA) is 69.7 Å².